The third-order valence-electron chi connectivity index (χ3n) is 2.87. The standard InChI is InChI=1S/C11H15N3O3/c1-7-8(2)14(6-17-4-3-15)10-9(7)11(16)13-5-12-10/h5,15H,3-4,6H2,1-2H3,(H,12,13,16). The normalized spacial score (nSPS) is 11.2. The van der Waals surface area contributed by atoms with E-state index in [-0.39, 0.29) is 25.5 Å². The van der Waals surface area contributed by atoms with Crippen LogP contribution in [0.2, 0.25) is 0 Å². The lowest BCUT2D eigenvalue weighted by molar-refractivity contribution is 0.0492. The Labute approximate surface area is 97.9 Å². The van der Waals surface area contributed by atoms with Gasteiger partial charge in [0.1, 0.15) is 12.4 Å². The summed E-state index contributed by atoms with van der Waals surface area (Å²) in [5.74, 6) is 0. The molecule has 0 aliphatic rings. The number of hydrogen-bond donors (Lipinski definition) is 2. The fourth-order valence-electron chi connectivity index (χ4n) is 1.85. The van der Waals surface area contributed by atoms with Crippen molar-refractivity contribution in [3.05, 3.63) is 27.9 Å². The third kappa shape index (κ3) is 1.96. The summed E-state index contributed by atoms with van der Waals surface area (Å²) in [5.41, 5.74) is 2.32. The number of aromatic amines is 1. The molecule has 2 heterocycles. The number of hydrogen-bond acceptors (Lipinski definition) is 4. The molecule has 0 radical (unpaired) electrons. The number of aryl methyl sites for hydroxylation is 1. The van der Waals surface area contributed by atoms with Crippen LogP contribution < -0.4 is 5.56 Å². The van der Waals surface area contributed by atoms with Gasteiger partial charge < -0.3 is 19.4 Å². The van der Waals surface area contributed by atoms with Crippen LogP contribution in [0.25, 0.3) is 11.0 Å². The minimum absolute atomic E-state index is 0.0226. The second kappa shape index (κ2) is 4.68. The molecule has 6 heteroatoms. The Hall–Kier alpha value is -1.66. The Morgan fingerprint density at radius 1 is 1.53 bits per heavy atom. The largest absolute Gasteiger partial charge is 0.394 e. The highest BCUT2D eigenvalue weighted by Gasteiger charge is 2.14. The fourth-order valence-corrected chi connectivity index (χ4v) is 1.85. The molecule has 0 aliphatic heterocycles. The molecule has 0 bridgehead atoms. The van der Waals surface area contributed by atoms with Crippen molar-refractivity contribution in [2.75, 3.05) is 13.2 Å². The van der Waals surface area contributed by atoms with E-state index in [9.17, 15) is 4.79 Å². The van der Waals surface area contributed by atoms with Crippen molar-refractivity contribution < 1.29 is 9.84 Å². The van der Waals surface area contributed by atoms with Gasteiger partial charge >= 0.3 is 0 Å². The van der Waals surface area contributed by atoms with Gasteiger partial charge in [-0.05, 0) is 19.4 Å². The van der Waals surface area contributed by atoms with E-state index in [1.165, 1.54) is 6.33 Å². The van der Waals surface area contributed by atoms with Crippen LogP contribution in [0.1, 0.15) is 11.3 Å². The van der Waals surface area contributed by atoms with E-state index in [1.54, 1.807) is 0 Å². The number of aliphatic hydroxyl groups excluding tert-OH is 1. The molecule has 6 nitrogen and oxygen atoms in total. The Kier molecular flexibility index (Phi) is 3.26. The first-order valence-corrected chi connectivity index (χ1v) is 5.38. The van der Waals surface area contributed by atoms with E-state index >= 15 is 0 Å². The summed E-state index contributed by atoms with van der Waals surface area (Å²) in [7, 11) is 0. The highest BCUT2D eigenvalue weighted by Crippen LogP contribution is 2.19. The van der Waals surface area contributed by atoms with Crippen LogP contribution in [-0.2, 0) is 11.5 Å². The molecule has 0 saturated heterocycles. The SMILES string of the molecule is Cc1c(C)n(COCCO)c2nc[nH]c(=O)c12. The summed E-state index contributed by atoms with van der Waals surface area (Å²) < 4.78 is 7.10. The van der Waals surface area contributed by atoms with E-state index in [0.717, 1.165) is 11.3 Å². The van der Waals surface area contributed by atoms with Crippen molar-refractivity contribution in [3.63, 3.8) is 0 Å². The van der Waals surface area contributed by atoms with Gasteiger partial charge in [0, 0.05) is 5.69 Å². The van der Waals surface area contributed by atoms with Gasteiger partial charge in [-0.2, -0.15) is 0 Å². The summed E-state index contributed by atoms with van der Waals surface area (Å²) in [6, 6.07) is 0. The number of rotatable bonds is 4. The summed E-state index contributed by atoms with van der Waals surface area (Å²) in [5, 5.41) is 9.27. The average molecular weight is 237 g/mol. The number of aromatic nitrogens is 3. The molecular formula is C11H15N3O3. The van der Waals surface area contributed by atoms with Crippen LogP contribution in [0.15, 0.2) is 11.1 Å². The number of aliphatic hydroxyl groups is 1. The molecule has 2 aromatic heterocycles. The van der Waals surface area contributed by atoms with Crippen molar-refractivity contribution in [2.24, 2.45) is 0 Å². The first kappa shape index (κ1) is 11.8. The number of fused-ring (bicyclic) bond motifs is 1. The van der Waals surface area contributed by atoms with Crippen LogP contribution in [0.3, 0.4) is 0 Å². The summed E-state index contributed by atoms with van der Waals surface area (Å²) in [6.45, 7) is 4.33. The molecule has 0 aliphatic carbocycles. The predicted octanol–water partition coefficient (Wildman–Crippen LogP) is 0.308. The molecule has 0 saturated carbocycles. The maximum Gasteiger partial charge on any atom is 0.260 e. The van der Waals surface area contributed by atoms with Crippen LogP contribution in [-0.4, -0.2) is 32.9 Å². The van der Waals surface area contributed by atoms with Gasteiger partial charge in [0.25, 0.3) is 5.56 Å². The number of ether oxygens (including phenoxy) is 1. The van der Waals surface area contributed by atoms with Crippen molar-refractivity contribution in [1.29, 1.82) is 0 Å². The van der Waals surface area contributed by atoms with Crippen LogP contribution in [0.4, 0.5) is 0 Å². The lowest BCUT2D eigenvalue weighted by Gasteiger charge is -2.07. The second-order valence-corrected chi connectivity index (χ2v) is 3.83. The molecule has 17 heavy (non-hydrogen) atoms. The molecular weight excluding hydrogens is 222 g/mol. The first-order valence-electron chi connectivity index (χ1n) is 5.38. The minimum Gasteiger partial charge on any atom is -0.394 e. The zero-order chi connectivity index (χ0) is 12.4. The van der Waals surface area contributed by atoms with Crippen LogP contribution >= 0.6 is 0 Å². The first-order chi connectivity index (χ1) is 8.16. The molecule has 2 N–H and O–H groups in total. The molecule has 92 valence electrons. The van der Waals surface area contributed by atoms with Crippen LogP contribution in [0.5, 0.6) is 0 Å². The quantitative estimate of drug-likeness (QED) is 0.750. The smallest absolute Gasteiger partial charge is 0.260 e. The highest BCUT2D eigenvalue weighted by molar-refractivity contribution is 5.80. The molecule has 0 spiro atoms. The molecule has 0 amide bonds. The zero-order valence-corrected chi connectivity index (χ0v) is 9.86. The zero-order valence-electron chi connectivity index (χ0n) is 9.86. The van der Waals surface area contributed by atoms with Gasteiger partial charge in [-0.25, -0.2) is 4.98 Å². The lowest BCUT2D eigenvalue weighted by atomic mass is 10.2. The van der Waals surface area contributed by atoms with Crippen molar-refractivity contribution in [1.82, 2.24) is 14.5 Å². The molecule has 0 atom stereocenters. The Bertz CT molecular complexity index is 585. The number of H-pyrrole nitrogens is 1. The van der Waals surface area contributed by atoms with E-state index in [1.807, 2.05) is 18.4 Å². The molecule has 0 unspecified atom stereocenters. The van der Waals surface area contributed by atoms with Gasteiger partial charge in [-0.1, -0.05) is 0 Å². The van der Waals surface area contributed by atoms with Gasteiger partial charge in [0.05, 0.1) is 24.9 Å². The predicted molar refractivity (Wildman–Crippen MR) is 62.9 cm³/mol. The summed E-state index contributed by atoms with van der Waals surface area (Å²) >= 11 is 0. The van der Waals surface area contributed by atoms with Gasteiger partial charge in [-0.3, -0.25) is 4.79 Å². The molecule has 0 aromatic carbocycles. The van der Waals surface area contributed by atoms with Gasteiger partial charge in [0.2, 0.25) is 0 Å². The lowest BCUT2D eigenvalue weighted by Crippen LogP contribution is -2.10. The van der Waals surface area contributed by atoms with Crippen LogP contribution in [0, 0.1) is 13.8 Å². The van der Waals surface area contributed by atoms with Crippen molar-refractivity contribution >= 4 is 11.0 Å². The second-order valence-electron chi connectivity index (χ2n) is 3.83. The minimum atomic E-state index is -0.142. The molecule has 0 fully saturated rings. The summed E-state index contributed by atoms with van der Waals surface area (Å²) in [6.07, 6.45) is 1.38. The van der Waals surface area contributed by atoms with E-state index in [2.05, 4.69) is 9.97 Å². The highest BCUT2D eigenvalue weighted by atomic mass is 16.5. The van der Waals surface area contributed by atoms with E-state index in [4.69, 9.17) is 9.84 Å². The topological polar surface area (TPSA) is 80.1 Å². The maximum absolute atomic E-state index is 11.7. The van der Waals surface area contributed by atoms with Crippen molar-refractivity contribution in [3.8, 4) is 0 Å². The Morgan fingerprint density at radius 3 is 3.00 bits per heavy atom. The number of nitrogens with zero attached hydrogens (tertiary/aromatic N) is 2. The molecule has 2 aromatic rings. The summed E-state index contributed by atoms with van der Waals surface area (Å²) in [4.78, 5) is 18.4. The fraction of sp³-hybridized carbons (Fsp3) is 0.455. The van der Waals surface area contributed by atoms with Gasteiger partial charge in [-0.15, -0.1) is 0 Å². The van der Waals surface area contributed by atoms with E-state index < -0.39 is 0 Å². The van der Waals surface area contributed by atoms with Crippen molar-refractivity contribution in [2.45, 2.75) is 20.6 Å². The van der Waals surface area contributed by atoms with Gasteiger partial charge in [0.15, 0.2) is 0 Å². The Balaban J connectivity index is 2.52. The number of nitrogens with one attached hydrogen (secondary N) is 1. The molecule has 2 rings (SSSR count). The third-order valence-corrected chi connectivity index (χ3v) is 2.87. The van der Waals surface area contributed by atoms with E-state index in [0.29, 0.717) is 11.0 Å². The Morgan fingerprint density at radius 2 is 2.29 bits per heavy atom. The maximum atomic E-state index is 11.7. The average Bonchev–Trinajstić information content (AvgIpc) is 2.55. The monoisotopic (exact) mass is 237 g/mol.